The monoisotopic (exact) mass is 340 g/mol. The number of hydrogen-bond donors (Lipinski definition) is 0. The Balaban J connectivity index is 3.16. The average molecular weight is 341 g/mol. The van der Waals surface area contributed by atoms with Gasteiger partial charge in [0.15, 0.2) is 0 Å². The largest absolute Gasteiger partial charge is 0.465 e. The zero-order valence-corrected chi connectivity index (χ0v) is 16.9. The molecule has 0 saturated carbocycles. The van der Waals surface area contributed by atoms with Gasteiger partial charge in [-0.2, -0.15) is 0 Å². The number of carbonyl (C=O) groups is 1. The van der Waals surface area contributed by atoms with Crippen molar-refractivity contribution in [1.29, 1.82) is 0 Å². The molecular weight excluding hydrogens is 296 g/mol. The van der Waals surface area contributed by atoms with E-state index in [4.69, 9.17) is 4.74 Å². The van der Waals surface area contributed by atoms with Crippen LogP contribution in [0.25, 0.3) is 0 Å². The molecule has 0 aliphatic rings. The molecule has 0 unspecified atom stereocenters. The van der Waals surface area contributed by atoms with E-state index in [0.717, 1.165) is 19.3 Å². The van der Waals surface area contributed by atoms with Gasteiger partial charge < -0.3 is 4.74 Å². The summed E-state index contributed by atoms with van der Waals surface area (Å²) in [7, 11) is 0. The van der Waals surface area contributed by atoms with E-state index in [9.17, 15) is 4.79 Å². The van der Waals surface area contributed by atoms with Crippen LogP contribution < -0.4 is 0 Å². The normalized spacial score (nSPS) is 11.2. The lowest BCUT2D eigenvalue weighted by Gasteiger charge is -2.11. The number of hydrogen-bond acceptors (Lipinski definition) is 2. The van der Waals surface area contributed by atoms with Crippen molar-refractivity contribution in [3.8, 4) is 0 Å². The first-order valence-electron chi connectivity index (χ1n) is 10.9. The van der Waals surface area contributed by atoms with Crippen molar-refractivity contribution < 1.29 is 9.53 Å². The standard InChI is InChI=1S/C22H44O2/c1-4-7-8-9-10-11-12-13-14-15-16-17-18-19-20-24-22(23)21(5-2)6-3/h21H,4-20H2,1-3H3. The highest BCUT2D eigenvalue weighted by molar-refractivity contribution is 5.72. The van der Waals surface area contributed by atoms with Gasteiger partial charge in [-0.25, -0.2) is 0 Å². The molecule has 2 heteroatoms. The van der Waals surface area contributed by atoms with Crippen LogP contribution >= 0.6 is 0 Å². The van der Waals surface area contributed by atoms with Crippen molar-refractivity contribution in [2.45, 2.75) is 124 Å². The zero-order valence-electron chi connectivity index (χ0n) is 16.9. The second kappa shape index (κ2) is 18.8. The summed E-state index contributed by atoms with van der Waals surface area (Å²) in [4.78, 5) is 11.7. The van der Waals surface area contributed by atoms with E-state index >= 15 is 0 Å². The van der Waals surface area contributed by atoms with Gasteiger partial charge in [-0.1, -0.05) is 104 Å². The van der Waals surface area contributed by atoms with Gasteiger partial charge in [0, 0.05) is 0 Å². The summed E-state index contributed by atoms with van der Waals surface area (Å²) in [5.74, 6) is 0.117. The third-order valence-corrected chi connectivity index (χ3v) is 5.06. The van der Waals surface area contributed by atoms with E-state index in [1.807, 2.05) is 0 Å². The van der Waals surface area contributed by atoms with Gasteiger partial charge in [0.05, 0.1) is 12.5 Å². The van der Waals surface area contributed by atoms with Crippen LogP contribution in [0.4, 0.5) is 0 Å². The Morgan fingerprint density at radius 2 is 1.00 bits per heavy atom. The van der Waals surface area contributed by atoms with Gasteiger partial charge in [-0.15, -0.1) is 0 Å². The summed E-state index contributed by atoms with van der Waals surface area (Å²) in [6.45, 7) is 7.01. The molecule has 24 heavy (non-hydrogen) atoms. The van der Waals surface area contributed by atoms with Gasteiger partial charge in [-0.3, -0.25) is 4.79 Å². The topological polar surface area (TPSA) is 26.3 Å². The Labute approximate surface area is 152 Å². The molecule has 0 aliphatic heterocycles. The van der Waals surface area contributed by atoms with E-state index < -0.39 is 0 Å². The van der Waals surface area contributed by atoms with Crippen LogP contribution in [-0.4, -0.2) is 12.6 Å². The molecule has 0 aromatic heterocycles. The SMILES string of the molecule is CCCCCCCCCCCCCCCCOC(=O)C(CC)CC. The molecule has 0 heterocycles. The van der Waals surface area contributed by atoms with Crippen LogP contribution in [0.15, 0.2) is 0 Å². The lowest BCUT2D eigenvalue weighted by molar-refractivity contribution is -0.148. The minimum absolute atomic E-state index is 0.00898. The van der Waals surface area contributed by atoms with Crippen molar-refractivity contribution in [3.05, 3.63) is 0 Å². The van der Waals surface area contributed by atoms with Crippen molar-refractivity contribution >= 4 is 5.97 Å². The Morgan fingerprint density at radius 1 is 0.625 bits per heavy atom. The van der Waals surface area contributed by atoms with Crippen LogP contribution in [-0.2, 0) is 9.53 Å². The predicted octanol–water partition coefficient (Wildman–Crippen LogP) is 7.45. The third-order valence-electron chi connectivity index (χ3n) is 5.06. The maximum atomic E-state index is 11.7. The summed E-state index contributed by atoms with van der Waals surface area (Å²) in [6.07, 6.45) is 20.8. The summed E-state index contributed by atoms with van der Waals surface area (Å²) < 4.78 is 5.35. The Morgan fingerprint density at radius 3 is 1.38 bits per heavy atom. The molecule has 0 spiro atoms. The molecule has 0 bridgehead atoms. The second-order valence-electron chi connectivity index (χ2n) is 7.28. The molecule has 0 aromatic carbocycles. The molecule has 0 atom stereocenters. The van der Waals surface area contributed by atoms with E-state index in [2.05, 4.69) is 20.8 Å². The Hall–Kier alpha value is -0.530. The molecule has 0 amide bonds. The summed E-state index contributed by atoms with van der Waals surface area (Å²) in [5.41, 5.74) is 0. The van der Waals surface area contributed by atoms with Crippen molar-refractivity contribution in [3.63, 3.8) is 0 Å². The quantitative estimate of drug-likeness (QED) is 0.191. The number of carbonyl (C=O) groups excluding carboxylic acids is 1. The molecule has 2 nitrogen and oxygen atoms in total. The highest BCUT2D eigenvalue weighted by Crippen LogP contribution is 2.13. The summed E-state index contributed by atoms with van der Waals surface area (Å²) in [6, 6.07) is 0. The number of unbranched alkanes of at least 4 members (excludes halogenated alkanes) is 13. The highest BCUT2D eigenvalue weighted by Gasteiger charge is 2.14. The van der Waals surface area contributed by atoms with Crippen LogP contribution in [0.5, 0.6) is 0 Å². The highest BCUT2D eigenvalue weighted by atomic mass is 16.5. The van der Waals surface area contributed by atoms with Crippen LogP contribution in [0, 0.1) is 5.92 Å². The molecule has 0 saturated heterocycles. The van der Waals surface area contributed by atoms with Gasteiger partial charge in [0.2, 0.25) is 0 Å². The lowest BCUT2D eigenvalue weighted by atomic mass is 10.0. The van der Waals surface area contributed by atoms with Crippen LogP contribution in [0.2, 0.25) is 0 Å². The fraction of sp³-hybridized carbons (Fsp3) is 0.955. The number of rotatable bonds is 18. The van der Waals surface area contributed by atoms with Crippen molar-refractivity contribution in [1.82, 2.24) is 0 Å². The fourth-order valence-corrected chi connectivity index (χ4v) is 3.21. The number of ether oxygens (including phenoxy) is 1. The van der Waals surface area contributed by atoms with Gasteiger partial charge in [0.1, 0.15) is 0 Å². The molecule has 144 valence electrons. The summed E-state index contributed by atoms with van der Waals surface area (Å²) in [5, 5.41) is 0. The predicted molar refractivity (Wildman–Crippen MR) is 105 cm³/mol. The van der Waals surface area contributed by atoms with Crippen LogP contribution in [0.3, 0.4) is 0 Å². The van der Waals surface area contributed by atoms with Crippen molar-refractivity contribution in [2.75, 3.05) is 6.61 Å². The third kappa shape index (κ3) is 15.0. The lowest BCUT2D eigenvalue weighted by Crippen LogP contribution is -2.16. The molecule has 0 aliphatic carbocycles. The maximum absolute atomic E-state index is 11.7. The molecule has 0 aromatic rings. The van der Waals surface area contributed by atoms with Gasteiger partial charge in [0.25, 0.3) is 0 Å². The Bertz CT molecular complexity index is 259. The minimum Gasteiger partial charge on any atom is -0.465 e. The van der Waals surface area contributed by atoms with Crippen LogP contribution in [0.1, 0.15) is 124 Å². The first-order valence-corrected chi connectivity index (χ1v) is 10.9. The molecule has 0 rings (SSSR count). The van der Waals surface area contributed by atoms with Gasteiger partial charge in [-0.05, 0) is 19.3 Å². The van der Waals surface area contributed by atoms with Crippen molar-refractivity contribution in [2.24, 2.45) is 5.92 Å². The first kappa shape index (κ1) is 23.5. The number of esters is 1. The molecule has 0 N–H and O–H groups in total. The Kier molecular flexibility index (Phi) is 18.4. The zero-order chi connectivity index (χ0) is 17.9. The van der Waals surface area contributed by atoms with E-state index in [0.29, 0.717) is 6.61 Å². The van der Waals surface area contributed by atoms with E-state index in [1.165, 1.54) is 83.5 Å². The molecule has 0 fully saturated rings. The molecule has 0 radical (unpaired) electrons. The molecular formula is C22H44O2. The fourth-order valence-electron chi connectivity index (χ4n) is 3.21. The minimum atomic E-state index is 0.00898. The first-order chi connectivity index (χ1) is 11.8. The smallest absolute Gasteiger partial charge is 0.308 e. The second-order valence-corrected chi connectivity index (χ2v) is 7.28. The maximum Gasteiger partial charge on any atom is 0.308 e. The van der Waals surface area contributed by atoms with Gasteiger partial charge >= 0.3 is 5.97 Å². The average Bonchev–Trinajstić information content (AvgIpc) is 2.59. The van der Waals surface area contributed by atoms with E-state index in [1.54, 1.807) is 0 Å². The van der Waals surface area contributed by atoms with E-state index in [-0.39, 0.29) is 11.9 Å². The summed E-state index contributed by atoms with van der Waals surface area (Å²) >= 11 is 0.